The van der Waals surface area contributed by atoms with Crippen LogP contribution < -0.4 is 5.32 Å². The average molecular weight is 269 g/mol. The Morgan fingerprint density at radius 2 is 2.30 bits per heavy atom. The van der Waals surface area contributed by atoms with E-state index in [0.717, 1.165) is 17.7 Å². The lowest BCUT2D eigenvalue weighted by molar-refractivity contribution is 0.0946. The fourth-order valence-electron chi connectivity index (χ4n) is 1.89. The largest absolute Gasteiger partial charge is 0.346 e. The molecule has 2 heterocycles. The van der Waals surface area contributed by atoms with Crippen molar-refractivity contribution in [3.63, 3.8) is 0 Å². The zero-order chi connectivity index (χ0) is 14.5. The molecular formula is C14H15N5O. The molecule has 0 saturated carbocycles. The SMILES string of the molecule is CCc1nn(C)cc1CNC(=O)c1ccc(C#N)cn1. The number of carbonyl (C=O) groups excluding carboxylic acids is 1. The van der Waals surface area contributed by atoms with Gasteiger partial charge in [0, 0.05) is 31.5 Å². The first-order valence-electron chi connectivity index (χ1n) is 6.29. The topological polar surface area (TPSA) is 83.6 Å². The summed E-state index contributed by atoms with van der Waals surface area (Å²) in [5, 5.41) is 15.8. The van der Waals surface area contributed by atoms with Gasteiger partial charge in [-0.3, -0.25) is 9.48 Å². The van der Waals surface area contributed by atoms with Crippen molar-refractivity contribution in [1.82, 2.24) is 20.1 Å². The number of aryl methyl sites for hydroxylation is 2. The Bertz CT molecular complexity index is 651. The standard InChI is InChI=1S/C14H15N5O/c1-3-12-11(9-19(2)18-12)8-17-14(20)13-5-4-10(6-15)7-16-13/h4-5,7,9H,3,8H2,1-2H3,(H,17,20). The molecule has 0 radical (unpaired) electrons. The van der Waals surface area contributed by atoms with Crippen LogP contribution in [0.4, 0.5) is 0 Å². The molecule has 0 spiro atoms. The number of amides is 1. The van der Waals surface area contributed by atoms with Crippen molar-refractivity contribution >= 4 is 5.91 Å². The number of nitrogens with zero attached hydrogens (tertiary/aromatic N) is 4. The van der Waals surface area contributed by atoms with Gasteiger partial charge in [0.25, 0.3) is 5.91 Å². The number of carbonyl (C=O) groups is 1. The van der Waals surface area contributed by atoms with Crippen LogP contribution in [0.5, 0.6) is 0 Å². The Morgan fingerprint density at radius 3 is 2.90 bits per heavy atom. The third-order valence-electron chi connectivity index (χ3n) is 2.89. The number of hydrogen-bond donors (Lipinski definition) is 1. The maximum atomic E-state index is 11.9. The quantitative estimate of drug-likeness (QED) is 0.903. The van der Waals surface area contributed by atoms with Crippen LogP contribution in [0.2, 0.25) is 0 Å². The molecule has 0 aliphatic heterocycles. The molecule has 2 aromatic heterocycles. The molecule has 0 aliphatic carbocycles. The number of pyridine rings is 1. The molecule has 0 aromatic carbocycles. The van der Waals surface area contributed by atoms with Gasteiger partial charge in [-0.25, -0.2) is 4.98 Å². The molecule has 2 aromatic rings. The Balaban J connectivity index is 2.02. The van der Waals surface area contributed by atoms with E-state index >= 15 is 0 Å². The molecular weight excluding hydrogens is 254 g/mol. The van der Waals surface area contributed by atoms with Gasteiger partial charge in [0.2, 0.25) is 0 Å². The van der Waals surface area contributed by atoms with Gasteiger partial charge >= 0.3 is 0 Å². The number of hydrogen-bond acceptors (Lipinski definition) is 4. The summed E-state index contributed by atoms with van der Waals surface area (Å²) >= 11 is 0. The molecule has 0 aliphatic rings. The molecule has 0 fully saturated rings. The summed E-state index contributed by atoms with van der Waals surface area (Å²) in [5.74, 6) is -0.264. The third kappa shape index (κ3) is 3.01. The lowest BCUT2D eigenvalue weighted by Gasteiger charge is -2.04. The van der Waals surface area contributed by atoms with Crippen molar-refractivity contribution in [3.8, 4) is 6.07 Å². The predicted octanol–water partition coefficient (Wildman–Crippen LogP) is 1.18. The third-order valence-corrected chi connectivity index (χ3v) is 2.89. The maximum Gasteiger partial charge on any atom is 0.270 e. The van der Waals surface area contributed by atoms with Crippen LogP contribution >= 0.6 is 0 Å². The number of nitrogens with one attached hydrogen (secondary N) is 1. The molecule has 6 nitrogen and oxygen atoms in total. The molecule has 0 unspecified atom stereocenters. The lowest BCUT2D eigenvalue weighted by Crippen LogP contribution is -2.24. The van der Waals surface area contributed by atoms with Gasteiger partial charge in [-0.05, 0) is 18.6 Å². The number of nitriles is 1. The van der Waals surface area contributed by atoms with Gasteiger partial charge in [0.1, 0.15) is 11.8 Å². The normalized spacial score (nSPS) is 10.1. The fourth-order valence-corrected chi connectivity index (χ4v) is 1.89. The number of rotatable bonds is 4. The van der Waals surface area contributed by atoms with Gasteiger partial charge in [0.15, 0.2) is 0 Å². The molecule has 20 heavy (non-hydrogen) atoms. The minimum absolute atomic E-state index is 0.264. The molecule has 2 rings (SSSR count). The molecule has 1 N–H and O–H groups in total. The average Bonchev–Trinajstić information content (AvgIpc) is 2.85. The van der Waals surface area contributed by atoms with Gasteiger partial charge in [-0.1, -0.05) is 6.92 Å². The highest BCUT2D eigenvalue weighted by Crippen LogP contribution is 2.07. The summed E-state index contributed by atoms with van der Waals surface area (Å²) in [7, 11) is 1.85. The Kier molecular flexibility index (Phi) is 4.11. The van der Waals surface area contributed by atoms with Gasteiger partial charge in [0.05, 0.1) is 11.3 Å². The van der Waals surface area contributed by atoms with Crippen LogP contribution in [0.25, 0.3) is 0 Å². The van der Waals surface area contributed by atoms with Crippen LogP contribution in [-0.4, -0.2) is 20.7 Å². The second-order valence-corrected chi connectivity index (χ2v) is 4.35. The van der Waals surface area contributed by atoms with Crippen molar-refractivity contribution in [2.24, 2.45) is 7.05 Å². The van der Waals surface area contributed by atoms with Crippen LogP contribution in [0, 0.1) is 11.3 Å². The minimum Gasteiger partial charge on any atom is -0.346 e. The van der Waals surface area contributed by atoms with E-state index in [4.69, 9.17) is 5.26 Å². The zero-order valence-corrected chi connectivity index (χ0v) is 11.4. The highest BCUT2D eigenvalue weighted by Gasteiger charge is 2.10. The van der Waals surface area contributed by atoms with E-state index in [2.05, 4.69) is 15.4 Å². The summed E-state index contributed by atoms with van der Waals surface area (Å²) in [6, 6.07) is 5.08. The summed E-state index contributed by atoms with van der Waals surface area (Å²) in [6.45, 7) is 2.44. The molecule has 1 amide bonds. The van der Waals surface area contributed by atoms with Crippen LogP contribution in [0.1, 0.15) is 34.2 Å². The molecule has 102 valence electrons. The van der Waals surface area contributed by atoms with E-state index in [1.807, 2.05) is 26.2 Å². The molecule has 0 bridgehead atoms. The smallest absolute Gasteiger partial charge is 0.270 e. The van der Waals surface area contributed by atoms with E-state index in [-0.39, 0.29) is 5.91 Å². The maximum absolute atomic E-state index is 11.9. The summed E-state index contributed by atoms with van der Waals surface area (Å²) < 4.78 is 1.74. The Morgan fingerprint density at radius 1 is 1.50 bits per heavy atom. The van der Waals surface area contributed by atoms with Crippen molar-refractivity contribution in [2.75, 3.05) is 0 Å². The lowest BCUT2D eigenvalue weighted by atomic mass is 10.2. The highest BCUT2D eigenvalue weighted by atomic mass is 16.1. The van der Waals surface area contributed by atoms with Crippen molar-refractivity contribution in [2.45, 2.75) is 19.9 Å². The van der Waals surface area contributed by atoms with E-state index in [1.54, 1.807) is 10.7 Å². The van der Waals surface area contributed by atoms with Crippen molar-refractivity contribution in [3.05, 3.63) is 47.0 Å². The molecule has 0 saturated heterocycles. The monoisotopic (exact) mass is 269 g/mol. The highest BCUT2D eigenvalue weighted by molar-refractivity contribution is 5.92. The first kappa shape index (κ1) is 13.7. The van der Waals surface area contributed by atoms with Gasteiger partial charge in [-0.15, -0.1) is 0 Å². The van der Waals surface area contributed by atoms with E-state index < -0.39 is 0 Å². The van der Waals surface area contributed by atoms with E-state index in [0.29, 0.717) is 17.8 Å². The fraction of sp³-hybridized carbons (Fsp3) is 0.286. The summed E-state index contributed by atoms with van der Waals surface area (Å²) in [6.07, 6.45) is 4.10. The Hall–Kier alpha value is -2.68. The predicted molar refractivity (Wildman–Crippen MR) is 72.7 cm³/mol. The second kappa shape index (κ2) is 5.97. The van der Waals surface area contributed by atoms with Gasteiger partial charge < -0.3 is 5.32 Å². The van der Waals surface area contributed by atoms with Crippen molar-refractivity contribution in [1.29, 1.82) is 5.26 Å². The molecule has 0 atom stereocenters. The number of aromatic nitrogens is 3. The molecule has 6 heteroatoms. The van der Waals surface area contributed by atoms with E-state index in [9.17, 15) is 4.79 Å². The Labute approximate surface area is 117 Å². The summed E-state index contributed by atoms with van der Waals surface area (Å²) in [5.41, 5.74) is 2.70. The second-order valence-electron chi connectivity index (χ2n) is 4.35. The van der Waals surface area contributed by atoms with E-state index in [1.165, 1.54) is 12.3 Å². The van der Waals surface area contributed by atoms with Crippen LogP contribution in [-0.2, 0) is 20.0 Å². The summed E-state index contributed by atoms with van der Waals surface area (Å²) in [4.78, 5) is 15.9. The van der Waals surface area contributed by atoms with Crippen LogP contribution in [0.3, 0.4) is 0 Å². The first-order chi connectivity index (χ1) is 9.63. The minimum atomic E-state index is -0.264. The first-order valence-corrected chi connectivity index (χ1v) is 6.29. The van der Waals surface area contributed by atoms with Gasteiger partial charge in [-0.2, -0.15) is 10.4 Å². The van der Waals surface area contributed by atoms with Crippen LogP contribution in [0.15, 0.2) is 24.5 Å². The van der Waals surface area contributed by atoms with Crippen molar-refractivity contribution < 1.29 is 4.79 Å². The zero-order valence-electron chi connectivity index (χ0n) is 11.4.